The van der Waals surface area contributed by atoms with Crippen LogP contribution in [0, 0.1) is 24.6 Å². The Kier molecular flexibility index (Phi) is 4.51. The molecule has 0 fully saturated rings. The summed E-state index contributed by atoms with van der Waals surface area (Å²) < 4.78 is 13.7. The molecule has 0 unspecified atom stereocenters. The number of aliphatic hydroxyl groups is 1. The molecule has 2 rings (SSSR count). The Morgan fingerprint density at radius 2 is 2.20 bits per heavy atom. The average Bonchev–Trinajstić information content (AvgIpc) is 2.85. The van der Waals surface area contributed by atoms with E-state index in [2.05, 4.69) is 17.2 Å². The maximum absolute atomic E-state index is 13.7. The lowest BCUT2D eigenvalue weighted by Crippen LogP contribution is -2.10. The molecule has 5 heteroatoms. The van der Waals surface area contributed by atoms with Gasteiger partial charge in [-0.15, -0.1) is 11.3 Å². The number of carbonyl (C=O) groups is 1. The van der Waals surface area contributed by atoms with Gasteiger partial charge in [-0.3, -0.25) is 4.79 Å². The smallest absolute Gasteiger partial charge is 0.265 e. The van der Waals surface area contributed by atoms with Crippen LogP contribution < -0.4 is 5.32 Å². The summed E-state index contributed by atoms with van der Waals surface area (Å²) in [5, 5.41) is 11.2. The van der Waals surface area contributed by atoms with Gasteiger partial charge in [0.1, 0.15) is 12.4 Å². The highest BCUT2D eigenvalue weighted by Crippen LogP contribution is 2.18. The maximum Gasteiger partial charge on any atom is 0.265 e. The molecule has 1 amide bonds. The van der Waals surface area contributed by atoms with Gasteiger partial charge in [0.2, 0.25) is 0 Å². The van der Waals surface area contributed by atoms with E-state index in [9.17, 15) is 9.18 Å². The Balaban J connectivity index is 2.14. The van der Waals surface area contributed by atoms with E-state index in [0.717, 1.165) is 4.88 Å². The van der Waals surface area contributed by atoms with Crippen LogP contribution in [0.5, 0.6) is 0 Å². The van der Waals surface area contributed by atoms with E-state index in [1.54, 1.807) is 12.1 Å². The van der Waals surface area contributed by atoms with E-state index in [1.807, 2.05) is 13.0 Å². The lowest BCUT2D eigenvalue weighted by Gasteiger charge is -2.04. The largest absolute Gasteiger partial charge is 0.384 e. The molecule has 0 radical (unpaired) electrons. The second kappa shape index (κ2) is 6.33. The molecule has 20 heavy (non-hydrogen) atoms. The summed E-state index contributed by atoms with van der Waals surface area (Å²) in [7, 11) is 0. The molecule has 102 valence electrons. The summed E-state index contributed by atoms with van der Waals surface area (Å²) >= 11 is 1.38. The van der Waals surface area contributed by atoms with E-state index in [1.165, 1.54) is 23.5 Å². The van der Waals surface area contributed by atoms with Crippen molar-refractivity contribution in [2.75, 3.05) is 11.9 Å². The van der Waals surface area contributed by atoms with Crippen LogP contribution >= 0.6 is 11.3 Å². The van der Waals surface area contributed by atoms with Crippen molar-refractivity contribution in [1.29, 1.82) is 0 Å². The van der Waals surface area contributed by atoms with Crippen molar-refractivity contribution in [2.24, 2.45) is 0 Å². The molecule has 0 saturated carbocycles. The van der Waals surface area contributed by atoms with Crippen molar-refractivity contribution < 1.29 is 14.3 Å². The Hall–Kier alpha value is -2.16. The van der Waals surface area contributed by atoms with E-state index >= 15 is 0 Å². The van der Waals surface area contributed by atoms with Crippen LogP contribution in [-0.2, 0) is 0 Å². The van der Waals surface area contributed by atoms with Gasteiger partial charge in [0.25, 0.3) is 5.91 Å². The zero-order chi connectivity index (χ0) is 14.5. The third-order valence-electron chi connectivity index (χ3n) is 2.49. The molecule has 0 spiro atoms. The molecule has 0 atom stereocenters. The van der Waals surface area contributed by atoms with Crippen LogP contribution in [0.15, 0.2) is 30.3 Å². The first-order valence-electron chi connectivity index (χ1n) is 5.87. The molecule has 1 heterocycles. The third kappa shape index (κ3) is 3.44. The standard InChI is InChI=1S/C15H12FNO2S/c1-10-4-7-14(20-10)15(19)17-12-6-5-11(3-2-8-18)13(16)9-12/h4-7,9,18H,8H2,1H3,(H,17,19). The third-order valence-corrected chi connectivity index (χ3v) is 3.49. The summed E-state index contributed by atoms with van der Waals surface area (Å²) in [4.78, 5) is 13.5. The highest BCUT2D eigenvalue weighted by Gasteiger charge is 2.09. The van der Waals surface area contributed by atoms with Gasteiger partial charge in [-0.05, 0) is 37.3 Å². The van der Waals surface area contributed by atoms with Crippen LogP contribution in [0.2, 0.25) is 0 Å². The first-order chi connectivity index (χ1) is 9.60. The molecule has 0 aliphatic heterocycles. The van der Waals surface area contributed by atoms with E-state index in [-0.39, 0.29) is 18.1 Å². The number of benzene rings is 1. The van der Waals surface area contributed by atoms with Crippen LogP contribution in [0.1, 0.15) is 20.1 Å². The van der Waals surface area contributed by atoms with Crippen molar-refractivity contribution in [1.82, 2.24) is 0 Å². The molecule has 2 aromatic rings. The summed E-state index contributed by atoms with van der Waals surface area (Å²) in [5.74, 6) is 4.06. The number of carbonyl (C=O) groups excluding carboxylic acids is 1. The molecule has 0 bridgehead atoms. The van der Waals surface area contributed by atoms with Crippen molar-refractivity contribution in [3.8, 4) is 11.8 Å². The average molecular weight is 289 g/mol. The highest BCUT2D eigenvalue weighted by molar-refractivity contribution is 7.14. The molecule has 0 aliphatic carbocycles. The van der Waals surface area contributed by atoms with Crippen molar-refractivity contribution >= 4 is 22.9 Å². The maximum atomic E-state index is 13.7. The Bertz CT molecular complexity index is 697. The van der Waals surface area contributed by atoms with Crippen molar-refractivity contribution in [2.45, 2.75) is 6.92 Å². The highest BCUT2D eigenvalue weighted by atomic mass is 32.1. The Labute approximate surface area is 120 Å². The van der Waals surface area contributed by atoms with Gasteiger partial charge in [0.15, 0.2) is 0 Å². The van der Waals surface area contributed by atoms with Gasteiger partial charge in [-0.25, -0.2) is 4.39 Å². The van der Waals surface area contributed by atoms with E-state index in [0.29, 0.717) is 10.6 Å². The second-order valence-electron chi connectivity index (χ2n) is 4.02. The number of nitrogens with one attached hydrogen (secondary N) is 1. The number of thiophene rings is 1. The minimum absolute atomic E-state index is 0.184. The first-order valence-corrected chi connectivity index (χ1v) is 6.69. The van der Waals surface area contributed by atoms with E-state index in [4.69, 9.17) is 5.11 Å². The first kappa shape index (κ1) is 14.3. The molecule has 2 N–H and O–H groups in total. The van der Waals surface area contributed by atoms with Crippen LogP contribution in [0.4, 0.5) is 10.1 Å². The fourth-order valence-electron chi connectivity index (χ4n) is 1.58. The fourth-order valence-corrected chi connectivity index (χ4v) is 2.34. The number of hydrogen-bond donors (Lipinski definition) is 2. The molecular formula is C15H12FNO2S. The lowest BCUT2D eigenvalue weighted by atomic mass is 10.2. The van der Waals surface area contributed by atoms with Gasteiger partial charge in [0.05, 0.1) is 10.4 Å². The lowest BCUT2D eigenvalue weighted by molar-refractivity contribution is 0.103. The van der Waals surface area contributed by atoms with Crippen molar-refractivity contribution in [3.05, 3.63) is 51.5 Å². The van der Waals surface area contributed by atoms with Gasteiger partial charge in [0, 0.05) is 10.6 Å². The number of rotatable bonds is 2. The number of aryl methyl sites for hydroxylation is 1. The Morgan fingerprint density at radius 3 is 2.80 bits per heavy atom. The SMILES string of the molecule is Cc1ccc(C(=O)Nc2ccc(C#CCO)c(F)c2)s1. The van der Waals surface area contributed by atoms with Gasteiger partial charge in [-0.2, -0.15) is 0 Å². The minimum atomic E-state index is -0.536. The predicted octanol–water partition coefficient (Wildman–Crippen LogP) is 2.79. The fraction of sp³-hybridized carbons (Fsp3) is 0.133. The van der Waals surface area contributed by atoms with Gasteiger partial charge in [-0.1, -0.05) is 11.8 Å². The van der Waals surface area contributed by atoms with E-state index < -0.39 is 5.82 Å². The summed E-state index contributed by atoms with van der Waals surface area (Å²) in [6.45, 7) is 1.59. The van der Waals surface area contributed by atoms with Crippen LogP contribution in [0.25, 0.3) is 0 Å². The molecule has 0 aliphatic rings. The number of halogens is 1. The monoisotopic (exact) mass is 289 g/mol. The molecular weight excluding hydrogens is 277 g/mol. The summed E-state index contributed by atoms with van der Waals surface area (Å²) in [6.07, 6.45) is 0. The van der Waals surface area contributed by atoms with Crippen LogP contribution in [0.3, 0.4) is 0 Å². The second-order valence-corrected chi connectivity index (χ2v) is 5.31. The van der Waals surface area contributed by atoms with Gasteiger partial charge < -0.3 is 10.4 Å². The van der Waals surface area contributed by atoms with Crippen LogP contribution in [-0.4, -0.2) is 17.6 Å². The normalized spacial score (nSPS) is 9.75. The minimum Gasteiger partial charge on any atom is -0.384 e. The summed E-state index contributed by atoms with van der Waals surface area (Å²) in [5.41, 5.74) is 0.553. The Morgan fingerprint density at radius 1 is 1.40 bits per heavy atom. The number of anilines is 1. The number of amides is 1. The molecule has 3 nitrogen and oxygen atoms in total. The number of aliphatic hydroxyl groups excluding tert-OH is 1. The summed E-state index contributed by atoms with van der Waals surface area (Å²) in [6, 6.07) is 7.83. The predicted molar refractivity (Wildman–Crippen MR) is 77.4 cm³/mol. The molecule has 1 aromatic carbocycles. The molecule has 1 aromatic heterocycles. The number of hydrogen-bond acceptors (Lipinski definition) is 3. The zero-order valence-corrected chi connectivity index (χ0v) is 11.6. The van der Waals surface area contributed by atoms with Crippen molar-refractivity contribution in [3.63, 3.8) is 0 Å². The topological polar surface area (TPSA) is 49.3 Å². The molecule has 0 saturated heterocycles. The quantitative estimate of drug-likeness (QED) is 0.835. The van der Waals surface area contributed by atoms with Gasteiger partial charge >= 0.3 is 0 Å². The zero-order valence-electron chi connectivity index (χ0n) is 10.7.